The van der Waals surface area contributed by atoms with Gasteiger partial charge in [0.05, 0.1) is 4.92 Å². The number of rotatable bonds is 7. The third-order valence-corrected chi connectivity index (χ3v) is 3.21. The van der Waals surface area contributed by atoms with Gasteiger partial charge < -0.3 is 5.43 Å². The summed E-state index contributed by atoms with van der Waals surface area (Å²) in [5.41, 5.74) is 5.89. The first-order valence-electron chi connectivity index (χ1n) is 6.69. The maximum absolute atomic E-state index is 12.0. The van der Waals surface area contributed by atoms with Crippen molar-refractivity contribution in [2.24, 2.45) is 4.99 Å². The number of nitro groups is 1. The van der Waals surface area contributed by atoms with E-state index in [4.69, 9.17) is 0 Å². The van der Waals surface area contributed by atoms with Gasteiger partial charge in [-0.3, -0.25) is 25.1 Å². The third-order valence-electron chi connectivity index (χ3n) is 2.61. The van der Waals surface area contributed by atoms with E-state index in [1.54, 1.807) is 37.4 Å². The minimum atomic E-state index is -0.828. The van der Waals surface area contributed by atoms with Gasteiger partial charge in [-0.05, 0) is 13.2 Å². The van der Waals surface area contributed by atoms with E-state index in [0.29, 0.717) is 11.3 Å². The van der Waals surface area contributed by atoms with Crippen LogP contribution in [-0.2, 0) is 4.79 Å². The predicted octanol–water partition coefficient (Wildman–Crippen LogP) is 1.90. The smallest absolute Gasteiger partial charge is 0.304 e. The van der Waals surface area contributed by atoms with Crippen molar-refractivity contribution in [3.63, 3.8) is 0 Å². The first-order chi connectivity index (χ1) is 11.5. The molecule has 0 aliphatic heterocycles. The Balaban J connectivity index is 2.71. The Kier molecular flexibility index (Phi) is 7.92. The largest absolute Gasteiger partial charge is 0.326 e. The molecule has 0 atom stereocenters. The minimum absolute atomic E-state index is 0.110. The summed E-state index contributed by atoms with van der Waals surface area (Å²) in [6.45, 7) is 1.68. The molecule has 0 aromatic heterocycles. The molecule has 0 aliphatic carbocycles. The maximum Gasteiger partial charge on any atom is 0.326 e. The molecule has 0 saturated carbocycles. The summed E-state index contributed by atoms with van der Waals surface area (Å²) in [5.74, 6) is -0.165. The average Bonchev–Trinajstić information content (AvgIpc) is 2.58. The van der Waals surface area contributed by atoms with Gasteiger partial charge in [-0.15, -0.1) is 0 Å². The number of allylic oxidation sites excluding steroid dienone is 3. The summed E-state index contributed by atoms with van der Waals surface area (Å²) in [6.07, 6.45) is 4.06. The third kappa shape index (κ3) is 6.44. The Morgan fingerprint density at radius 3 is 2.50 bits per heavy atom. The molecule has 0 fully saturated rings. The normalized spacial score (nSPS) is 12.5. The molecule has 1 aromatic rings. The molecule has 0 aliphatic rings. The molecular weight excluding hydrogens is 332 g/mol. The van der Waals surface area contributed by atoms with E-state index in [9.17, 15) is 19.7 Å². The van der Waals surface area contributed by atoms with Crippen LogP contribution in [-0.4, -0.2) is 28.4 Å². The van der Waals surface area contributed by atoms with Crippen LogP contribution >= 0.6 is 11.8 Å². The molecule has 24 heavy (non-hydrogen) atoms. The number of carbonyl (C=O) groups excluding carboxylic acids is 2. The number of benzene rings is 1. The van der Waals surface area contributed by atoms with E-state index < -0.39 is 10.6 Å². The summed E-state index contributed by atoms with van der Waals surface area (Å²) in [6, 6.07) is 8.77. The van der Waals surface area contributed by atoms with Crippen molar-refractivity contribution in [1.82, 2.24) is 10.9 Å². The second-order valence-electron chi connectivity index (χ2n) is 4.37. The zero-order valence-electron chi connectivity index (χ0n) is 13.1. The fourth-order valence-electron chi connectivity index (χ4n) is 1.45. The number of thioether (sulfide) groups is 1. The molecule has 1 rings (SSSR count). The molecule has 0 radical (unpaired) electrons. The van der Waals surface area contributed by atoms with Crippen molar-refractivity contribution in [2.75, 3.05) is 6.26 Å². The quantitative estimate of drug-likeness (QED) is 0.147. The van der Waals surface area contributed by atoms with Crippen molar-refractivity contribution in [3.8, 4) is 0 Å². The lowest BCUT2D eigenvalue weighted by Crippen LogP contribution is -2.34. The Bertz CT molecular complexity index is 699. The van der Waals surface area contributed by atoms with Gasteiger partial charge in [0.25, 0.3) is 0 Å². The van der Waals surface area contributed by atoms with Crippen LogP contribution in [0.5, 0.6) is 0 Å². The van der Waals surface area contributed by atoms with Gasteiger partial charge >= 0.3 is 5.70 Å². The molecule has 0 spiro atoms. The van der Waals surface area contributed by atoms with Gasteiger partial charge in [0, 0.05) is 17.3 Å². The van der Waals surface area contributed by atoms with Gasteiger partial charge in [0.15, 0.2) is 11.0 Å². The Morgan fingerprint density at radius 1 is 1.29 bits per heavy atom. The molecule has 126 valence electrons. The van der Waals surface area contributed by atoms with E-state index in [-0.39, 0.29) is 17.2 Å². The zero-order valence-corrected chi connectivity index (χ0v) is 13.9. The van der Waals surface area contributed by atoms with Crippen LogP contribution < -0.4 is 10.9 Å². The van der Waals surface area contributed by atoms with E-state index in [2.05, 4.69) is 15.8 Å². The summed E-state index contributed by atoms with van der Waals surface area (Å²) in [7, 11) is 0. The number of aliphatic imine (C=N–C) groups is 1. The molecule has 0 unspecified atom stereocenters. The highest BCUT2D eigenvalue weighted by atomic mass is 32.2. The second-order valence-corrected chi connectivity index (χ2v) is 5.17. The summed E-state index contributed by atoms with van der Waals surface area (Å²) in [5, 5.41) is 10.8. The lowest BCUT2D eigenvalue weighted by atomic mass is 10.1. The van der Waals surface area contributed by atoms with Gasteiger partial charge in [0.2, 0.25) is 6.29 Å². The molecule has 0 heterocycles. The molecule has 9 heteroatoms. The molecule has 0 saturated heterocycles. The number of hydrogen-bond donors (Lipinski definition) is 2. The van der Waals surface area contributed by atoms with Crippen LogP contribution in [0, 0.1) is 10.1 Å². The summed E-state index contributed by atoms with van der Waals surface area (Å²) < 4.78 is 0. The Morgan fingerprint density at radius 2 is 1.96 bits per heavy atom. The van der Waals surface area contributed by atoms with Crippen molar-refractivity contribution in [1.29, 1.82) is 0 Å². The molecule has 2 N–H and O–H groups in total. The number of hydrogen-bond acceptors (Lipinski definition) is 7. The number of ketones is 1. The first kappa shape index (κ1) is 19.1. The number of nitrogens with zero attached hydrogens (tertiary/aromatic N) is 2. The average molecular weight is 348 g/mol. The molecule has 8 nitrogen and oxygen atoms in total. The summed E-state index contributed by atoms with van der Waals surface area (Å²) in [4.78, 5) is 36.0. The van der Waals surface area contributed by atoms with Crippen molar-refractivity contribution in [3.05, 3.63) is 69.7 Å². The van der Waals surface area contributed by atoms with Gasteiger partial charge in [-0.1, -0.05) is 42.1 Å². The van der Waals surface area contributed by atoms with Gasteiger partial charge in [-0.2, -0.15) is 0 Å². The van der Waals surface area contributed by atoms with E-state index in [0.717, 1.165) is 6.20 Å². The highest BCUT2D eigenvalue weighted by Gasteiger charge is 2.07. The molecule has 1 aromatic carbocycles. The lowest BCUT2D eigenvalue weighted by molar-refractivity contribution is -0.417. The Labute approximate surface area is 142 Å². The van der Waals surface area contributed by atoms with Crippen LogP contribution in [0.1, 0.15) is 17.3 Å². The molecule has 0 bridgehead atoms. The van der Waals surface area contributed by atoms with Crippen LogP contribution in [0.15, 0.2) is 59.0 Å². The topological polar surface area (TPSA) is 114 Å². The summed E-state index contributed by atoms with van der Waals surface area (Å²) >= 11 is 1.17. The fraction of sp³-hybridized carbons (Fsp3) is 0.133. The number of hydrazine groups is 1. The fourth-order valence-corrected chi connectivity index (χ4v) is 1.76. The van der Waals surface area contributed by atoms with Crippen LogP contribution in [0.25, 0.3) is 0 Å². The lowest BCUT2D eigenvalue weighted by Gasteiger charge is -2.09. The SMILES string of the molecule is CSC(=N/C=C(/C=O)[N+](=O)[O-])NN/C(C)=C/C(=O)c1ccccc1. The van der Waals surface area contributed by atoms with Crippen LogP contribution in [0.4, 0.5) is 0 Å². The van der Waals surface area contributed by atoms with Crippen LogP contribution in [0.3, 0.4) is 0 Å². The van der Waals surface area contributed by atoms with Gasteiger partial charge in [-0.25, -0.2) is 4.99 Å². The van der Waals surface area contributed by atoms with Crippen molar-refractivity contribution < 1.29 is 14.5 Å². The maximum atomic E-state index is 12.0. The standard InChI is InChI=1S/C15H16N4O4S/c1-11(8-14(21)12-6-4-3-5-7-12)17-18-15(24-2)16-9-13(10-20)19(22)23/h3-10,17H,1-2H3,(H,16,18)/b11-8+,13-9-. The highest BCUT2D eigenvalue weighted by molar-refractivity contribution is 8.13. The number of amidine groups is 1. The van der Waals surface area contributed by atoms with Crippen LogP contribution in [0.2, 0.25) is 0 Å². The monoisotopic (exact) mass is 348 g/mol. The van der Waals surface area contributed by atoms with E-state index in [1.807, 2.05) is 6.07 Å². The van der Waals surface area contributed by atoms with E-state index >= 15 is 0 Å². The minimum Gasteiger partial charge on any atom is -0.304 e. The first-order valence-corrected chi connectivity index (χ1v) is 7.91. The number of nitrogens with one attached hydrogen (secondary N) is 2. The van der Waals surface area contributed by atoms with Crippen molar-refractivity contribution in [2.45, 2.75) is 6.92 Å². The highest BCUT2D eigenvalue weighted by Crippen LogP contribution is 2.03. The van der Waals surface area contributed by atoms with E-state index in [1.165, 1.54) is 17.8 Å². The number of carbonyl (C=O) groups is 2. The Hall–Kier alpha value is -2.94. The number of aldehydes is 1. The molecular formula is C15H16N4O4S. The zero-order chi connectivity index (χ0) is 17.9. The predicted molar refractivity (Wildman–Crippen MR) is 92.9 cm³/mol. The van der Waals surface area contributed by atoms with Crippen molar-refractivity contribution >= 4 is 29.0 Å². The molecule has 0 amide bonds. The van der Waals surface area contributed by atoms with Gasteiger partial charge in [0.1, 0.15) is 6.20 Å². The second kappa shape index (κ2) is 9.95.